The molecule has 0 aliphatic rings. The van der Waals surface area contributed by atoms with Gasteiger partial charge in [-0.1, -0.05) is 59.6 Å². The van der Waals surface area contributed by atoms with Crippen LogP contribution >= 0.6 is 11.6 Å². The number of aromatic nitrogens is 2. The first-order chi connectivity index (χ1) is 12.1. The molecule has 3 rings (SSSR count). The highest BCUT2D eigenvalue weighted by molar-refractivity contribution is 6.31. The Morgan fingerprint density at radius 3 is 2.40 bits per heavy atom. The van der Waals surface area contributed by atoms with E-state index in [0.717, 1.165) is 22.1 Å². The lowest BCUT2D eigenvalue weighted by Crippen LogP contribution is -2.08. The molecule has 2 N–H and O–H groups in total. The van der Waals surface area contributed by atoms with Crippen LogP contribution in [-0.2, 0) is 13.1 Å². The predicted molar refractivity (Wildman–Crippen MR) is 104 cm³/mol. The van der Waals surface area contributed by atoms with Gasteiger partial charge in [-0.15, -0.1) is 0 Å². The summed E-state index contributed by atoms with van der Waals surface area (Å²) < 4.78 is 0. The van der Waals surface area contributed by atoms with Gasteiger partial charge >= 0.3 is 0 Å². The van der Waals surface area contributed by atoms with Crippen LogP contribution in [0.1, 0.15) is 22.4 Å². The zero-order valence-corrected chi connectivity index (χ0v) is 15.1. The number of hydrogen-bond acceptors (Lipinski definition) is 4. The van der Waals surface area contributed by atoms with Gasteiger partial charge in [0.1, 0.15) is 5.82 Å². The highest BCUT2D eigenvalue weighted by Crippen LogP contribution is 2.17. The van der Waals surface area contributed by atoms with E-state index in [2.05, 4.69) is 51.8 Å². The standard InChI is InChI=1S/C20H21ClN4/c1-14-7-9-16(10-8-14)12-23-20-24-15(2)11-19(25-20)22-13-17-5-3-4-6-18(17)21/h3-11H,12-13H2,1-2H3,(H2,22,23,24,25). The van der Waals surface area contributed by atoms with Crippen LogP contribution in [0.5, 0.6) is 0 Å². The van der Waals surface area contributed by atoms with E-state index in [1.54, 1.807) is 0 Å². The fourth-order valence-electron chi connectivity index (χ4n) is 2.45. The summed E-state index contributed by atoms with van der Waals surface area (Å²) in [5.74, 6) is 1.39. The number of hydrogen-bond donors (Lipinski definition) is 2. The quantitative estimate of drug-likeness (QED) is 0.657. The Kier molecular flexibility index (Phi) is 5.51. The van der Waals surface area contributed by atoms with Gasteiger partial charge in [-0.2, -0.15) is 4.98 Å². The van der Waals surface area contributed by atoms with E-state index in [0.29, 0.717) is 19.0 Å². The van der Waals surface area contributed by atoms with Crippen molar-refractivity contribution in [2.24, 2.45) is 0 Å². The summed E-state index contributed by atoms with van der Waals surface area (Å²) in [6, 6.07) is 18.1. The van der Waals surface area contributed by atoms with Gasteiger partial charge in [0.05, 0.1) is 0 Å². The van der Waals surface area contributed by atoms with Crippen LogP contribution in [0.2, 0.25) is 5.02 Å². The van der Waals surface area contributed by atoms with Crippen molar-refractivity contribution in [3.8, 4) is 0 Å². The van der Waals surface area contributed by atoms with Crippen molar-refractivity contribution in [2.45, 2.75) is 26.9 Å². The molecule has 0 fully saturated rings. The Labute approximate surface area is 153 Å². The molecule has 1 aromatic heterocycles. The number of rotatable bonds is 6. The molecule has 25 heavy (non-hydrogen) atoms. The molecule has 0 aliphatic carbocycles. The molecule has 128 valence electrons. The minimum Gasteiger partial charge on any atom is -0.366 e. The molecule has 0 amide bonds. The van der Waals surface area contributed by atoms with Crippen molar-refractivity contribution >= 4 is 23.4 Å². The number of nitrogens with zero attached hydrogens (tertiary/aromatic N) is 2. The third-order valence-electron chi connectivity index (χ3n) is 3.84. The second-order valence-corrected chi connectivity index (χ2v) is 6.41. The van der Waals surface area contributed by atoms with Crippen molar-refractivity contribution in [2.75, 3.05) is 10.6 Å². The lowest BCUT2D eigenvalue weighted by Gasteiger charge is -2.11. The number of nitrogens with one attached hydrogen (secondary N) is 2. The molecule has 0 unspecified atom stereocenters. The monoisotopic (exact) mass is 352 g/mol. The van der Waals surface area contributed by atoms with E-state index in [1.165, 1.54) is 11.1 Å². The summed E-state index contributed by atoms with van der Waals surface area (Å²) >= 11 is 6.20. The molecule has 0 saturated carbocycles. The number of halogens is 1. The molecular formula is C20H21ClN4. The minimum atomic E-state index is 0.613. The average Bonchev–Trinajstić information content (AvgIpc) is 2.60. The topological polar surface area (TPSA) is 49.8 Å². The molecule has 5 heteroatoms. The first-order valence-corrected chi connectivity index (χ1v) is 8.60. The summed E-state index contributed by atoms with van der Waals surface area (Å²) in [5, 5.41) is 7.34. The van der Waals surface area contributed by atoms with Crippen molar-refractivity contribution in [3.63, 3.8) is 0 Å². The molecule has 0 saturated heterocycles. The zero-order valence-electron chi connectivity index (χ0n) is 14.4. The summed E-state index contributed by atoms with van der Waals surface area (Å²) in [6.45, 7) is 5.35. The van der Waals surface area contributed by atoms with Crippen molar-refractivity contribution in [1.82, 2.24) is 9.97 Å². The lowest BCUT2D eigenvalue weighted by atomic mass is 10.1. The van der Waals surface area contributed by atoms with Gasteiger partial charge < -0.3 is 10.6 Å². The Balaban J connectivity index is 1.65. The molecule has 0 radical (unpaired) electrons. The minimum absolute atomic E-state index is 0.613. The largest absolute Gasteiger partial charge is 0.366 e. The number of anilines is 2. The molecule has 2 aromatic carbocycles. The summed E-state index contributed by atoms with van der Waals surface area (Å²) in [5.41, 5.74) is 4.39. The van der Waals surface area contributed by atoms with Gasteiger partial charge in [-0.25, -0.2) is 4.98 Å². The Bertz CT molecular complexity index is 847. The second kappa shape index (κ2) is 7.99. The Hall–Kier alpha value is -2.59. The van der Waals surface area contributed by atoms with E-state index in [-0.39, 0.29) is 0 Å². The fraction of sp³-hybridized carbons (Fsp3) is 0.200. The van der Waals surface area contributed by atoms with Crippen LogP contribution in [0.25, 0.3) is 0 Å². The molecule has 1 heterocycles. The van der Waals surface area contributed by atoms with E-state index < -0.39 is 0 Å². The van der Waals surface area contributed by atoms with Crippen LogP contribution in [-0.4, -0.2) is 9.97 Å². The van der Waals surface area contributed by atoms with Crippen LogP contribution in [0.3, 0.4) is 0 Å². The molecule has 0 spiro atoms. The number of benzene rings is 2. The maximum Gasteiger partial charge on any atom is 0.225 e. The molecule has 3 aromatic rings. The fourth-order valence-corrected chi connectivity index (χ4v) is 2.66. The van der Waals surface area contributed by atoms with Crippen LogP contribution in [0.4, 0.5) is 11.8 Å². The van der Waals surface area contributed by atoms with Crippen LogP contribution in [0.15, 0.2) is 54.6 Å². The van der Waals surface area contributed by atoms with Crippen LogP contribution in [0, 0.1) is 13.8 Å². The van der Waals surface area contributed by atoms with Crippen molar-refractivity contribution < 1.29 is 0 Å². The van der Waals surface area contributed by atoms with Gasteiger partial charge in [0.2, 0.25) is 5.95 Å². The average molecular weight is 353 g/mol. The second-order valence-electron chi connectivity index (χ2n) is 6.00. The molecular weight excluding hydrogens is 332 g/mol. The first-order valence-electron chi connectivity index (χ1n) is 8.22. The Morgan fingerprint density at radius 1 is 0.880 bits per heavy atom. The highest BCUT2D eigenvalue weighted by Gasteiger charge is 2.04. The highest BCUT2D eigenvalue weighted by atomic mass is 35.5. The molecule has 0 atom stereocenters. The van der Waals surface area contributed by atoms with E-state index >= 15 is 0 Å². The zero-order chi connectivity index (χ0) is 17.6. The van der Waals surface area contributed by atoms with E-state index in [9.17, 15) is 0 Å². The molecule has 0 bridgehead atoms. The number of aryl methyl sites for hydroxylation is 2. The molecule has 0 aliphatic heterocycles. The molecule has 4 nitrogen and oxygen atoms in total. The lowest BCUT2D eigenvalue weighted by molar-refractivity contribution is 1.01. The SMILES string of the molecule is Cc1ccc(CNc2nc(C)cc(NCc3ccccc3Cl)n2)cc1. The third-order valence-corrected chi connectivity index (χ3v) is 4.21. The maximum atomic E-state index is 6.20. The van der Waals surface area contributed by atoms with E-state index in [1.807, 2.05) is 37.3 Å². The normalized spacial score (nSPS) is 10.5. The predicted octanol–water partition coefficient (Wildman–Crippen LogP) is 4.97. The third kappa shape index (κ3) is 4.94. The van der Waals surface area contributed by atoms with Gasteiger partial charge in [0.25, 0.3) is 0 Å². The summed E-state index contributed by atoms with van der Waals surface area (Å²) in [7, 11) is 0. The van der Waals surface area contributed by atoms with Gasteiger partial charge in [0.15, 0.2) is 0 Å². The van der Waals surface area contributed by atoms with Crippen molar-refractivity contribution in [1.29, 1.82) is 0 Å². The van der Waals surface area contributed by atoms with Crippen molar-refractivity contribution in [3.05, 3.63) is 82.0 Å². The van der Waals surface area contributed by atoms with E-state index in [4.69, 9.17) is 11.6 Å². The summed E-state index contributed by atoms with van der Waals surface area (Å²) in [6.07, 6.45) is 0. The van der Waals surface area contributed by atoms with Gasteiger partial charge in [-0.05, 0) is 31.0 Å². The smallest absolute Gasteiger partial charge is 0.225 e. The maximum absolute atomic E-state index is 6.20. The van der Waals surface area contributed by atoms with Crippen LogP contribution < -0.4 is 10.6 Å². The Morgan fingerprint density at radius 2 is 1.64 bits per heavy atom. The van der Waals surface area contributed by atoms with Gasteiger partial charge in [-0.3, -0.25) is 0 Å². The first kappa shape index (κ1) is 17.2. The summed E-state index contributed by atoms with van der Waals surface area (Å²) in [4.78, 5) is 8.99. The van der Waals surface area contributed by atoms with Gasteiger partial charge in [0, 0.05) is 29.9 Å².